The van der Waals surface area contributed by atoms with Gasteiger partial charge >= 0.3 is 0 Å². The predicted octanol–water partition coefficient (Wildman–Crippen LogP) is 2.97. The van der Waals surface area contributed by atoms with E-state index in [0.29, 0.717) is 22.6 Å². The van der Waals surface area contributed by atoms with Gasteiger partial charge in [-0.2, -0.15) is 0 Å². The number of rotatable bonds is 4. The molecule has 0 fully saturated rings. The van der Waals surface area contributed by atoms with Gasteiger partial charge in [0, 0.05) is 18.0 Å². The predicted molar refractivity (Wildman–Crippen MR) is 84.5 cm³/mol. The average molecular weight is 309 g/mol. The summed E-state index contributed by atoms with van der Waals surface area (Å²) in [6.45, 7) is 3.25. The topological polar surface area (TPSA) is 65.5 Å². The van der Waals surface area contributed by atoms with Crippen molar-refractivity contribution in [2.24, 2.45) is 0 Å². The molecule has 0 bridgehead atoms. The lowest BCUT2D eigenvalue weighted by atomic mass is 10.1. The van der Waals surface area contributed by atoms with Crippen molar-refractivity contribution in [1.82, 2.24) is 4.98 Å². The second-order valence-corrected chi connectivity index (χ2v) is 5.28. The molecule has 0 unspecified atom stereocenters. The van der Waals surface area contributed by atoms with Gasteiger partial charge in [-0.15, -0.1) is 0 Å². The highest BCUT2D eigenvalue weighted by atomic mass is 16.5. The number of carbonyl (C=O) groups excluding carboxylic acids is 2. The van der Waals surface area contributed by atoms with E-state index in [2.05, 4.69) is 4.98 Å². The molecule has 1 aromatic heterocycles. The molecule has 2 heterocycles. The number of fused-ring (bicyclic) bond motifs is 1. The molecule has 5 nitrogen and oxygen atoms in total. The highest BCUT2D eigenvalue weighted by Crippen LogP contribution is 2.39. The van der Waals surface area contributed by atoms with Crippen molar-refractivity contribution in [3.8, 4) is 11.5 Å². The number of Topliss-reactive ketones (excluding diaryl/α,β-unsaturated/α-hetero) is 2. The first-order valence-corrected chi connectivity index (χ1v) is 7.16. The number of hydrogen-bond donors (Lipinski definition) is 0. The number of ketones is 2. The Morgan fingerprint density at radius 3 is 2.70 bits per heavy atom. The fraction of sp³-hybridized carbons (Fsp3) is 0.167. The summed E-state index contributed by atoms with van der Waals surface area (Å²) >= 11 is 0. The van der Waals surface area contributed by atoms with E-state index >= 15 is 0 Å². The third kappa shape index (κ3) is 2.99. The number of benzene rings is 1. The molecule has 0 atom stereocenters. The molecule has 0 aliphatic carbocycles. The molecule has 0 N–H and O–H groups in total. The first-order chi connectivity index (χ1) is 11.1. The lowest BCUT2D eigenvalue weighted by Gasteiger charge is -2.10. The van der Waals surface area contributed by atoms with Gasteiger partial charge in [0.15, 0.2) is 11.5 Å². The fourth-order valence-electron chi connectivity index (χ4n) is 2.31. The number of nitrogens with zero attached hydrogens (tertiary/aromatic N) is 1. The minimum atomic E-state index is -0.168. The monoisotopic (exact) mass is 309 g/mol. The number of hydrogen-bond acceptors (Lipinski definition) is 5. The molecule has 0 saturated carbocycles. The molecule has 116 valence electrons. The van der Waals surface area contributed by atoms with Crippen LogP contribution in [0.4, 0.5) is 0 Å². The Bertz CT molecular complexity index is 809. The molecule has 23 heavy (non-hydrogen) atoms. The van der Waals surface area contributed by atoms with E-state index in [1.165, 1.54) is 6.92 Å². The Hall–Kier alpha value is -2.95. The Kier molecular flexibility index (Phi) is 3.93. The standard InChI is InChI=1S/C18H15NO4/c1-11(20)10-22-15-4-3-14-17(21)16(23-18(14)12(15)2)9-13-5-7-19-8-6-13/h3-9H,10H2,1-2H3/b16-9-. The van der Waals surface area contributed by atoms with Gasteiger partial charge in [-0.05, 0) is 49.8 Å². The number of aromatic nitrogens is 1. The number of pyridine rings is 1. The maximum atomic E-state index is 12.4. The largest absolute Gasteiger partial charge is 0.485 e. The molecule has 5 heteroatoms. The zero-order chi connectivity index (χ0) is 16.4. The molecule has 1 aromatic carbocycles. The maximum Gasteiger partial charge on any atom is 0.231 e. The second-order valence-electron chi connectivity index (χ2n) is 5.28. The van der Waals surface area contributed by atoms with Crippen molar-refractivity contribution in [1.29, 1.82) is 0 Å². The minimum Gasteiger partial charge on any atom is -0.485 e. The lowest BCUT2D eigenvalue weighted by molar-refractivity contribution is -0.118. The van der Waals surface area contributed by atoms with Gasteiger partial charge < -0.3 is 9.47 Å². The molecule has 3 rings (SSSR count). The van der Waals surface area contributed by atoms with Crippen LogP contribution >= 0.6 is 0 Å². The maximum absolute atomic E-state index is 12.4. The lowest BCUT2D eigenvalue weighted by Crippen LogP contribution is -2.07. The van der Waals surface area contributed by atoms with Crippen molar-refractivity contribution in [3.05, 3.63) is 59.1 Å². The van der Waals surface area contributed by atoms with E-state index in [9.17, 15) is 9.59 Å². The van der Waals surface area contributed by atoms with Crippen molar-refractivity contribution < 1.29 is 19.1 Å². The summed E-state index contributed by atoms with van der Waals surface area (Å²) < 4.78 is 11.2. The van der Waals surface area contributed by atoms with Crippen LogP contribution in [0.1, 0.15) is 28.4 Å². The van der Waals surface area contributed by atoms with E-state index in [1.54, 1.807) is 49.7 Å². The highest BCUT2D eigenvalue weighted by molar-refractivity contribution is 6.14. The van der Waals surface area contributed by atoms with Gasteiger partial charge in [0.1, 0.15) is 18.1 Å². The minimum absolute atomic E-state index is 0.00666. The van der Waals surface area contributed by atoms with Crippen LogP contribution in [-0.4, -0.2) is 23.2 Å². The van der Waals surface area contributed by atoms with Gasteiger partial charge in [-0.3, -0.25) is 14.6 Å². The summed E-state index contributed by atoms with van der Waals surface area (Å²) in [5.74, 6) is 1.05. The van der Waals surface area contributed by atoms with Crippen LogP contribution in [0.2, 0.25) is 0 Å². The van der Waals surface area contributed by atoms with Crippen molar-refractivity contribution in [3.63, 3.8) is 0 Å². The number of allylic oxidation sites excluding steroid dienone is 1. The van der Waals surface area contributed by atoms with Crippen molar-refractivity contribution >= 4 is 17.6 Å². The van der Waals surface area contributed by atoms with E-state index in [0.717, 1.165) is 5.56 Å². The summed E-state index contributed by atoms with van der Waals surface area (Å²) in [6, 6.07) is 6.93. The van der Waals surface area contributed by atoms with Crippen molar-refractivity contribution in [2.75, 3.05) is 6.61 Å². The van der Waals surface area contributed by atoms with Crippen LogP contribution in [0.5, 0.6) is 11.5 Å². The quantitative estimate of drug-likeness (QED) is 0.812. The molecule has 0 spiro atoms. The second kappa shape index (κ2) is 6.04. The smallest absolute Gasteiger partial charge is 0.231 e. The zero-order valence-corrected chi connectivity index (χ0v) is 12.8. The van der Waals surface area contributed by atoms with E-state index in [4.69, 9.17) is 9.47 Å². The van der Waals surface area contributed by atoms with Crippen LogP contribution in [0.3, 0.4) is 0 Å². The average Bonchev–Trinajstić information content (AvgIpc) is 2.85. The van der Waals surface area contributed by atoms with Crippen LogP contribution in [0, 0.1) is 6.92 Å². The summed E-state index contributed by atoms with van der Waals surface area (Å²) in [5.41, 5.74) is 2.04. The number of carbonyl (C=O) groups is 2. The van der Waals surface area contributed by atoms with Crippen LogP contribution < -0.4 is 9.47 Å². The summed E-state index contributed by atoms with van der Waals surface area (Å²) in [7, 11) is 0. The first-order valence-electron chi connectivity index (χ1n) is 7.16. The van der Waals surface area contributed by atoms with E-state index in [-0.39, 0.29) is 23.9 Å². The van der Waals surface area contributed by atoms with Crippen molar-refractivity contribution in [2.45, 2.75) is 13.8 Å². The van der Waals surface area contributed by atoms with Crippen LogP contribution in [0.25, 0.3) is 6.08 Å². The summed E-state index contributed by atoms with van der Waals surface area (Å²) in [6.07, 6.45) is 4.98. The normalized spacial score (nSPS) is 14.5. The van der Waals surface area contributed by atoms with Gasteiger partial charge in [0.05, 0.1) is 5.56 Å². The molecular formula is C18H15NO4. The number of ether oxygens (including phenoxy) is 2. The molecule has 0 saturated heterocycles. The zero-order valence-electron chi connectivity index (χ0n) is 12.8. The summed E-state index contributed by atoms with van der Waals surface area (Å²) in [5, 5.41) is 0. The molecule has 0 amide bonds. The van der Waals surface area contributed by atoms with E-state index < -0.39 is 0 Å². The van der Waals surface area contributed by atoms with Crippen LogP contribution in [0.15, 0.2) is 42.4 Å². The Labute approximate surface area is 133 Å². The third-order valence-electron chi connectivity index (χ3n) is 3.47. The first kappa shape index (κ1) is 15.0. The third-order valence-corrected chi connectivity index (χ3v) is 3.47. The molecule has 1 aliphatic heterocycles. The van der Waals surface area contributed by atoms with Gasteiger partial charge in [-0.25, -0.2) is 0 Å². The van der Waals surface area contributed by atoms with E-state index in [1.807, 2.05) is 0 Å². The Balaban J connectivity index is 1.92. The molecule has 0 radical (unpaired) electrons. The molecular weight excluding hydrogens is 294 g/mol. The Morgan fingerprint density at radius 2 is 2.00 bits per heavy atom. The molecule has 2 aromatic rings. The van der Waals surface area contributed by atoms with Gasteiger partial charge in [-0.1, -0.05) is 0 Å². The Morgan fingerprint density at radius 1 is 1.26 bits per heavy atom. The highest BCUT2D eigenvalue weighted by Gasteiger charge is 2.30. The summed E-state index contributed by atoms with van der Waals surface area (Å²) in [4.78, 5) is 27.4. The van der Waals surface area contributed by atoms with Gasteiger partial charge in [0.25, 0.3) is 0 Å². The van der Waals surface area contributed by atoms with Crippen LogP contribution in [-0.2, 0) is 4.79 Å². The molecule has 1 aliphatic rings. The fourth-order valence-corrected chi connectivity index (χ4v) is 2.31. The van der Waals surface area contributed by atoms with Gasteiger partial charge in [0.2, 0.25) is 5.78 Å². The SMILES string of the molecule is CC(=O)COc1ccc2c(c1C)O/C(=C\c1ccncc1)C2=O.